The lowest BCUT2D eigenvalue weighted by molar-refractivity contribution is -0.118. The summed E-state index contributed by atoms with van der Waals surface area (Å²) in [5.74, 6) is 0.0501. The lowest BCUT2D eigenvalue weighted by Crippen LogP contribution is -2.19. The van der Waals surface area contributed by atoms with Crippen LogP contribution in [0.15, 0.2) is 77.0 Å². The van der Waals surface area contributed by atoms with Gasteiger partial charge in [-0.25, -0.2) is 10.4 Å². The summed E-state index contributed by atoms with van der Waals surface area (Å²) in [6, 6.07) is 17.4. The van der Waals surface area contributed by atoms with E-state index in [2.05, 4.69) is 25.5 Å². The number of pyridine rings is 1. The number of carbonyl (C=O) groups excluding carboxylic acids is 1. The molecule has 1 amide bonds. The van der Waals surface area contributed by atoms with Gasteiger partial charge >= 0.3 is 0 Å². The quantitative estimate of drug-likeness (QED) is 0.329. The number of hydrogen-bond acceptors (Lipinski definition) is 6. The molecule has 132 valence electrons. The molecule has 7 heteroatoms. The standard InChI is InChI=1S/C20H15N5OS/c26-19(13-27-18-9-3-5-14-6-4-10-21-20(14)18)25-23-12-15-11-22-16-7-1-2-8-17(16)24-15/h1-12H,13H2,(H,25,26)/b23-12-. The molecular formula is C20H15N5OS. The molecule has 0 aliphatic rings. The molecule has 4 rings (SSSR count). The number of fused-ring (bicyclic) bond motifs is 2. The zero-order valence-electron chi connectivity index (χ0n) is 14.2. The van der Waals surface area contributed by atoms with Gasteiger partial charge in [0.15, 0.2) is 0 Å². The van der Waals surface area contributed by atoms with E-state index in [0.29, 0.717) is 5.69 Å². The highest BCUT2D eigenvalue weighted by Crippen LogP contribution is 2.25. The van der Waals surface area contributed by atoms with Crippen molar-refractivity contribution >= 4 is 45.8 Å². The average Bonchev–Trinajstić information content (AvgIpc) is 2.72. The van der Waals surface area contributed by atoms with E-state index in [9.17, 15) is 4.79 Å². The molecule has 6 nitrogen and oxygen atoms in total. The summed E-state index contributed by atoms with van der Waals surface area (Å²) in [7, 11) is 0. The number of hydrazone groups is 1. The third-order valence-electron chi connectivity index (χ3n) is 3.81. The minimum Gasteiger partial charge on any atom is -0.272 e. The van der Waals surface area contributed by atoms with E-state index in [4.69, 9.17) is 0 Å². The number of benzene rings is 2. The molecule has 2 aromatic carbocycles. The molecule has 0 bridgehead atoms. The third-order valence-corrected chi connectivity index (χ3v) is 4.85. The number of aromatic nitrogens is 3. The number of nitrogens with one attached hydrogen (secondary N) is 1. The van der Waals surface area contributed by atoms with E-state index in [0.717, 1.165) is 26.8 Å². The molecule has 0 spiro atoms. The van der Waals surface area contributed by atoms with Crippen LogP contribution in [0.25, 0.3) is 21.9 Å². The number of thioether (sulfide) groups is 1. The summed E-state index contributed by atoms with van der Waals surface area (Å²) < 4.78 is 0. The summed E-state index contributed by atoms with van der Waals surface area (Å²) in [4.78, 5) is 26.1. The van der Waals surface area contributed by atoms with Crippen molar-refractivity contribution in [2.45, 2.75) is 4.90 Å². The molecule has 0 aliphatic carbocycles. The smallest absolute Gasteiger partial charge is 0.250 e. The normalized spacial score (nSPS) is 11.3. The van der Waals surface area contributed by atoms with E-state index in [-0.39, 0.29) is 11.7 Å². The molecule has 4 aromatic rings. The van der Waals surface area contributed by atoms with Crippen molar-refractivity contribution in [2.75, 3.05) is 5.75 Å². The topological polar surface area (TPSA) is 80.1 Å². The molecule has 0 fully saturated rings. The second kappa shape index (κ2) is 7.92. The van der Waals surface area contributed by atoms with Crippen LogP contribution in [-0.4, -0.2) is 32.8 Å². The molecule has 0 aliphatic heterocycles. The first kappa shape index (κ1) is 17.1. The molecule has 0 unspecified atom stereocenters. The van der Waals surface area contributed by atoms with E-state index < -0.39 is 0 Å². The van der Waals surface area contributed by atoms with E-state index in [1.165, 1.54) is 18.0 Å². The Bertz CT molecular complexity index is 1140. The third kappa shape index (κ3) is 4.09. The van der Waals surface area contributed by atoms with Crippen molar-refractivity contribution in [1.29, 1.82) is 0 Å². The Morgan fingerprint density at radius 3 is 2.81 bits per heavy atom. The fourth-order valence-corrected chi connectivity index (χ4v) is 3.41. The Balaban J connectivity index is 1.37. The van der Waals surface area contributed by atoms with Gasteiger partial charge in [0.2, 0.25) is 5.91 Å². The van der Waals surface area contributed by atoms with Crippen LogP contribution in [0.1, 0.15) is 5.69 Å². The average molecular weight is 373 g/mol. The first-order chi connectivity index (χ1) is 13.3. The summed E-state index contributed by atoms with van der Waals surface area (Å²) in [5, 5.41) is 5.02. The Kier molecular flexibility index (Phi) is 5.02. The molecule has 1 N–H and O–H groups in total. The fourth-order valence-electron chi connectivity index (χ4n) is 2.57. The second-order valence-electron chi connectivity index (χ2n) is 5.70. The number of rotatable bonds is 5. The first-order valence-electron chi connectivity index (χ1n) is 8.30. The summed E-state index contributed by atoms with van der Waals surface area (Å²) in [6.07, 6.45) is 4.86. The molecule has 0 saturated carbocycles. The lowest BCUT2D eigenvalue weighted by Gasteiger charge is -2.04. The van der Waals surface area contributed by atoms with E-state index in [1.54, 1.807) is 12.4 Å². The first-order valence-corrected chi connectivity index (χ1v) is 9.28. The zero-order chi connectivity index (χ0) is 18.5. The van der Waals surface area contributed by atoms with Gasteiger partial charge in [0.05, 0.1) is 34.7 Å². The Labute approximate surface area is 159 Å². The van der Waals surface area contributed by atoms with Crippen LogP contribution in [0.4, 0.5) is 0 Å². The number of para-hydroxylation sites is 3. The number of carbonyl (C=O) groups is 1. The molecule has 2 heterocycles. The van der Waals surface area contributed by atoms with E-state index >= 15 is 0 Å². The summed E-state index contributed by atoms with van der Waals surface area (Å²) >= 11 is 1.43. The number of amides is 1. The SMILES string of the molecule is O=C(CSc1cccc2cccnc12)N/N=C\c1cnc2ccccc2n1. The predicted octanol–water partition coefficient (Wildman–Crippen LogP) is 3.42. The number of nitrogens with zero attached hydrogens (tertiary/aromatic N) is 4. The molecule has 2 aromatic heterocycles. The van der Waals surface area contributed by atoms with Crippen molar-refractivity contribution in [3.8, 4) is 0 Å². The van der Waals surface area contributed by atoms with Crippen molar-refractivity contribution < 1.29 is 4.79 Å². The predicted molar refractivity (Wildman–Crippen MR) is 108 cm³/mol. The number of hydrogen-bond donors (Lipinski definition) is 1. The monoisotopic (exact) mass is 373 g/mol. The molecule has 27 heavy (non-hydrogen) atoms. The maximum atomic E-state index is 12.1. The van der Waals surface area contributed by atoms with Crippen LogP contribution < -0.4 is 5.43 Å². The largest absolute Gasteiger partial charge is 0.272 e. The van der Waals surface area contributed by atoms with Gasteiger partial charge in [-0.3, -0.25) is 14.8 Å². The minimum absolute atomic E-state index is 0.196. The van der Waals surface area contributed by atoms with Gasteiger partial charge in [-0.1, -0.05) is 30.3 Å². The summed E-state index contributed by atoms with van der Waals surface area (Å²) in [5.41, 5.74) is 5.60. The van der Waals surface area contributed by atoms with Crippen LogP contribution in [-0.2, 0) is 4.79 Å². The van der Waals surface area contributed by atoms with Crippen molar-refractivity contribution in [2.24, 2.45) is 5.10 Å². The van der Waals surface area contributed by atoms with Crippen molar-refractivity contribution in [3.05, 3.63) is 72.7 Å². The fraction of sp³-hybridized carbons (Fsp3) is 0.0500. The van der Waals surface area contributed by atoms with Gasteiger partial charge in [0.1, 0.15) is 5.69 Å². The molecule has 0 saturated heterocycles. The summed E-state index contributed by atoms with van der Waals surface area (Å²) in [6.45, 7) is 0. The Hall–Kier alpha value is -3.32. The van der Waals surface area contributed by atoms with Gasteiger partial charge in [-0.15, -0.1) is 11.8 Å². The van der Waals surface area contributed by atoms with Crippen LogP contribution in [0, 0.1) is 0 Å². The van der Waals surface area contributed by atoms with E-state index in [1.807, 2.05) is 54.6 Å². The highest BCUT2D eigenvalue weighted by atomic mass is 32.2. The van der Waals surface area contributed by atoms with Gasteiger partial charge in [0, 0.05) is 16.5 Å². The maximum Gasteiger partial charge on any atom is 0.250 e. The van der Waals surface area contributed by atoms with Crippen LogP contribution >= 0.6 is 11.8 Å². The molecule has 0 atom stereocenters. The molecular weight excluding hydrogens is 358 g/mol. The maximum absolute atomic E-state index is 12.1. The lowest BCUT2D eigenvalue weighted by atomic mass is 10.2. The highest BCUT2D eigenvalue weighted by molar-refractivity contribution is 8.00. The Morgan fingerprint density at radius 1 is 1.04 bits per heavy atom. The van der Waals surface area contributed by atoms with Gasteiger partial charge < -0.3 is 0 Å². The minimum atomic E-state index is -0.196. The van der Waals surface area contributed by atoms with Crippen LogP contribution in [0.3, 0.4) is 0 Å². The van der Waals surface area contributed by atoms with Crippen LogP contribution in [0.2, 0.25) is 0 Å². The van der Waals surface area contributed by atoms with Crippen LogP contribution in [0.5, 0.6) is 0 Å². The van der Waals surface area contributed by atoms with Crippen molar-refractivity contribution in [3.63, 3.8) is 0 Å². The Morgan fingerprint density at radius 2 is 1.89 bits per heavy atom. The second-order valence-corrected chi connectivity index (χ2v) is 6.71. The van der Waals surface area contributed by atoms with Gasteiger partial charge in [-0.2, -0.15) is 5.10 Å². The zero-order valence-corrected chi connectivity index (χ0v) is 15.1. The highest BCUT2D eigenvalue weighted by Gasteiger charge is 2.06. The van der Waals surface area contributed by atoms with Crippen molar-refractivity contribution in [1.82, 2.24) is 20.4 Å². The van der Waals surface area contributed by atoms with Gasteiger partial charge in [0.25, 0.3) is 0 Å². The molecule has 0 radical (unpaired) electrons. The van der Waals surface area contributed by atoms with Gasteiger partial charge in [-0.05, 0) is 24.3 Å².